The molecule has 0 saturated heterocycles. The van der Waals surface area contributed by atoms with Crippen LogP contribution in [0.1, 0.15) is 0 Å². The molecule has 6 rings (SSSR count). The van der Waals surface area contributed by atoms with Gasteiger partial charge in [-0.2, -0.15) is 0 Å². The number of nitrogens with zero attached hydrogens (tertiary/aromatic N) is 2. The Morgan fingerprint density at radius 2 is 1.42 bits per heavy atom. The van der Waals surface area contributed by atoms with Crippen LogP contribution in [0.25, 0.3) is 43.6 Å². The van der Waals surface area contributed by atoms with E-state index in [9.17, 15) is 0 Å². The Morgan fingerprint density at radius 3 is 2.32 bits per heavy atom. The molecule has 0 saturated carbocycles. The fraction of sp³-hybridized carbons (Fsp3) is 0. The quantitative estimate of drug-likeness (QED) is 0.277. The van der Waals surface area contributed by atoms with Gasteiger partial charge >= 0.3 is 0 Å². The SMILES string of the molecule is c1ccc(-c2c3ccccc3c(Sc3ccc4cccnc4c3)c3ccncc23)cc1. The van der Waals surface area contributed by atoms with E-state index in [4.69, 9.17) is 0 Å². The van der Waals surface area contributed by atoms with Crippen LogP contribution in [0.5, 0.6) is 0 Å². The molecule has 4 aromatic carbocycles. The number of rotatable bonds is 3. The number of benzene rings is 4. The van der Waals surface area contributed by atoms with Crippen LogP contribution in [0.2, 0.25) is 0 Å². The number of aromatic nitrogens is 2. The molecule has 3 heteroatoms. The second-order valence-corrected chi connectivity index (χ2v) is 8.58. The fourth-order valence-electron chi connectivity index (χ4n) is 4.23. The van der Waals surface area contributed by atoms with Crippen LogP contribution in [-0.2, 0) is 0 Å². The zero-order valence-corrected chi connectivity index (χ0v) is 17.5. The van der Waals surface area contributed by atoms with E-state index in [1.54, 1.807) is 11.8 Å². The summed E-state index contributed by atoms with van der Waals surface area (Å²) >= 11 is 1.80. The molecule has 0 amide bonds. The van der Waals surface area contributed by atoms with E-state index in [1.807, 2.05) is 24.7 Å². The summed E-state index contributed by atoms with van der Waals surface area (Å²) in [6.07, 6.45) is 5.73. The molecule has 6 aromatic rings. The number of pyridine rings is 2. The van der Waals surface area contributed by atoms with Crippen LogP contribution in [0.15, 0.2) is 119 Å². The first-order valence-electron chi connectivity index (χ1n) is 10.2. The van der Waals surface area contributed by atoms with Crippen molar-refractivity contribution in [1.82, 2.24) is 9.97 Å². The van der Waals surface area contributed by atoms with Crippen molar-refractivity contribution in [3.05, 3.63) is 110 Å². The minimum absolute atomic E-state index is 1.02. The third-order valence-electron chi connectivity index (χ3n) is 5.64. The highest BCUT2D eigenvalue weighted by atomic mass is 32.2. The maximum atomic E-state index is 4.54. The molecule has 0 spiro atoms. The molecule has 0 atom stereocenters. The van der Waals surface area contributed by atoms with Crippen LogP contribution in [0.4, 0.5) is 0 Å². The van der Waals surface area contributed by atoms with Crippen LogP contribution in [0.3, 0.4) is 0 Å². The third-order valence-corrected chi connectivity index (χ3v) is 6.77. The van der Waals surface area contributed by atoms with E-state index in [1.165, 1.54) is 42.5 Å². The summed E-state index contributed by atoms with van der Waals surface area (Å²) in [6, 6.07) is 32.0. The van der Waals surface area contributed by atoms with Gasteiger partial charge in [-0.3, -0.25) is 9.97 Å². The zero-order chi connectivity index (χ0) is 20.6. The third kappa shape index (κ3) is 3.15. The van der Waals surface area contributed by atoms with Crippen molar-refractivity contribution >= 4 is 44.2 Å². The molecule has 2 nitrogen and oxygen atoms in total. The van der Waals surface area contributed by atoms with Gasteiger partial charge in [0.2, 0.25) is 0 Å². The largest absolute Gasteiger partial charge is 0.264 e. The lowest BCUT2D eigenvalue weighted by Crippen LogP contribution is -1.90. The van der Waals surface area contributed by atoms with E-state index < -0.39 is 0 Å². The molecule has 0 aliphatic rings. The molecule has 0 aliphatic heterocycles. The van der Waals surface area contributed by atoms with Crippen molar-refractivity contribution in [3.8, 4) is 11.1 Å². The Hall–Kier alpha value is -3.69. The van der Waals surface area contributed by atoms with Gasteiger partial charge in [-0.15, -0.1) is 0 Å². The lowest BCUT2D eigenvalue weighted by Gasteiger charge is -2.16. The lowest BCUT2D eigenvalue weighted by atomic mass is 9.93. The molecule has 0 aliphatic carbocycles. The highest BCUT2D eigenvalue weighted by molar-refractivity contribution is 7.99. The van der Waals surface area contributed by atoms with Crippen LogP contribution >= 0.6 is 11.8 Å². The highest BCUT2D eigenvalue weighted by Crippen LogP contribution is 2.45. The molecule has 0 bridgehead atoms. The van der Waals surface area contributed by atoms with E-state index in [0.717, 1.165) is 10.9 Å². The fourth-order valence-corrected chi connectivity index (χ4v) is 5.35. The lowest BCUT2D eigenvalue weighted by molar-refractivity contribution is 1.35. The number of hydrogen-bond acceptors (Lipinski definition) is 3. The predicted octanol–water partition coefficient (Wildman–Crippen LogP) is 7.75. The minimum Gasteiger partial charge on any atom is -0.264 e. The van der Waals surface area contributed by atoms with Crippen molar-refractivity contribution in [1.29, 1.82) is 0 Å². The molecular formula is C28H18N2S. The summed E-state index contributed by atoms with van der Waals surface area (Å²) < 4.78 is 0. The van der Waals surface area contributed by atoms with Gasteiger partial charge in [0.05, 0.1) is 5.52 Å². The molecular weight excluding hydrogens is 396 g/mol. The van der Waals surface area contributed by atoms with Crippen molar-refractivity contribution < 1.29 is 0 Å². The topological polar surface area (TPSA) is 25.8 Å². The molecule has 31 heavy (non-hydrogen) atoms. The van der Waals surface area contributed by atoms with Crippen molar-refractivity contribution in [2.24, 2.45) is 0 Å². The van der Waals surface area contributed by atoms with E-state index >= 15 is 0 Å². The standard InChI is InChI=1S/C28H18N2S/c1-2-7-20(8-3-1)27-22-10-4-5-11-23(22)28(24-14-16-29-18-25(24)27)31-21-13-12-19-9-6-15-30-26(19)17-21/h1-18H. The molecule has 2 heterocycles. The summed E-state index contributed by atoms with van der Waals surface area (Å²) in [5, 5.41) is 6.06. The molecule has 0 unspecified atom stereocenters. The first-order chi connectivity index (χ1) is 15.4. The minimum atomic E-state index is 1.02. The monoisotopic (exact) mass is 414 g/mol. The Balaban J connectivity index is 1.64. The van der Waals surface area contributed by atoms with Gasteiger partial charge in [-0.25, -0.2) is 0 Å². The summed E-state index contributed by atoms with van der Waals surface area (Å²) in [5.41, 5.74) is 3.47. The van der Waals surface area contributed by atoms with Gasteiger partial charge in [-0.1, -0.05) is 78.5 Å². The molecule has 2 aromatic heterocycles. The maximum absolute atomic E-state index is 4.54. The normalized spacial score (nSPS) is 11.4. The summed E-state index contributed by atoms with van der Waals surface area (Å²) in [7, 11) is 0. The second kappa shape index (κ2) is 7.53. The molecule has 0 fully saturated rings. The predicted molar refractivity (Wildman–Crippen MR) is 131 cm³/mol. The van der Waals surface area contributed by atoms with Crippen molar-refractivity contribution in [2.75, 3.05) is 0 Å². The second-order valence-electron chi connectivity index (χ2n) is 7.50. The maximum Gasteiger partial charge on any atom is 0.0713 e. The van der Waals surface area contributed by atoms with E-state index in [2.05, 4.69) is 94.9 Å². The first-order valence-corrected chi connectivity index (χ1v) is 11.1. The highest BCUT2D eigenvalue weighted by Gasteiger charge is 2.16. The summed E-state index contributed by atoms with van der Waals surface area (Å²) in [5.74, 6) is 0. The zero-order valence-electron chi connectivity index (χ0n) is 16.7. The van der Waals surface area contributed by atoms with Gasteiger partial charge in [0, 0.05) is 39.2 Å². The smallest absolute Gasteiger partial charge is 0.0713 e. The van der Waals surface area contributed by atoms with Crippen LogP contribution in [0, 0.1) is 0 Å². The average molecular weight is 415 g/mol. The van der Waals surface area contributed by atoms with Gasteiger partial charge in [0.1, 0.15) is 0 Å². The van der Waals surface area contributed by atoms with Crippen molar-refractivity contribution in [3.63, 3.8) is 0 Å². The van der Waals surface area contributed by atoms with E-state index in [-0.39, 0.29) is 0 Å². The molecule has 0 radical (unpaired) electrons. The number of hydrogen-bond donors (Lipinski definition) is 0. The summed E-state index contributed by atoms with van der Waals surface area (Å²) in [6.45, 7) is 0. The van der Waals surface area contributed by atoms with Crippen molar-refractivity contribution in [2.45, 2.75) is 9.79 Å². The Kier molecular flexibility index (Phi) is 4.40. The molecule has 0 N–H and O–H groups in total. The molecule has 146 valence electrons. The Morgan fingerprint density at radius 1 is 0.613 bits per heavy atom. The van der Waals surface area contributed by atoms with Gasteiger partial charge in [0.15, 0.2) is 0 Å². The Bertz CT molecular complexity index is 1500. The van der Waals surface area contributed by atoms with Gasteiger partial charge in [0.25, 0.3) is 0 Å². The van der Waals surface area contributed by atoms with Gasteiger partial charge in [-0.05, 0) is 51.6 Å². The van der Waals surface area contributed by atoms with Crippen LogP contribution in [-0.4, -0.2) is 9.97 Å². The first kappa shape index (κ1) is 18.1. The summed E-state index contributed by atoms with van der Waals surface area (Å²) in [4.78, 5) is 11.4. The van der Waals surface area contributed by atoms with Gasteiger partial charge < -0.3 is 0 Å². The number of fused-ring (bicyclic) bond motifs is 3. The van der Waals surface area contributed by atoms with Crippen LogP contribution < -0.4 is 0 Å². The Labute approximate surface area is 184 Å². The average Bonchev–Trinajstić information content (AvgIpc) is 2.84. The van der Waals surface area contributed by atoms with E-state index in [0.29, 0.717) is 0 Å².